The van der Waals surface area contributed by atoms with Crippen molar-refractivity contribution in [2.75, 3.05) is 0 Å². The third kappa shape index (κ3) is 6.21. The first kappa shape index (κ1) is 14.7. The quantitative estimate of drug-likeness (QED) is 0.210. The summed E-state index contributed by atoms with van der Waals surface area (Å²) in [6, 6.07) is 0. The van der Waals surface area contributed by atoms with Gasteiger partial charge in [0.15, 0.2) is 6.29 Å². The maximum Gasteiger partial charge on any atom is 0.368 e. The monoisotopic (exact) mass is 230 g/mol. The lowest BCUT2D eigenvalue weighted by Gasteiger charge is -2.17. The van der Waals surface area contributed by atoms with Crippen molar-refractivity contribution in [3.63, 3.8) is 0 Å². The van der Waals surface area contributed by atoms with Crippen LogP contribution in [0.5, 0.6) is 0 Å². The average molecular weight is 230 g/mol. The van der Waals surface area contributed by atoms with Crippen LogP contribution in [-0.2, 0) is 24.0 Å². The number of carbonyl (C=O) groups is 1. The Labute approximate surface area is 95.6 Å². The fraction of sp³-hybridized carbons (Fsp3) is 0.545. The lowest BCUT2D eigenvalue weighted by atomic mass is 10.2. The van der Waals surface area contributed by atoms with E-state index in [1.54, 1.807) is 20.8 Å². The van der Waals surface area contributed by atoms with Crippen LogP contribution in [0.3, 0.4) is 0 Å². The van der Waals surface area contributed by atoms with E-state index in [1.807, 2.05) is 0 Å². The maximum absolute atomic E-state index is 11.1. The summed E-state index contributed by atoms with van der Waals surface area (Å²) in [4.78, 5) is 20.3. The minimum atomic E-state index is -0.733. The number of ether oxygens (including phenoxy) is 2. The van der Waals surface area contributed by atoms with E-state index in [0.717, 1.165) is 0 Å². The average Bonchev–Trinajstić information content (AvgIpc) is 2.24. The largest absolute Gasteiger partial charge is 0.473 e. The van der Waals surface area contributed by atoms with E-state index < -0.39 is 18.5 Å². The molecule has 0 aromatic rings. The van der Waals surface area contributed by atoms with E-state index in [2.05, 4.69) is 18.0 Å². The lowest BCUT2D eigenvalue weighted by molar-refractivity contribution is -0.364. The molecule has 0 saturated carbocycles. The van der Waals surface area contributed by atoms with Gasteiger partial charge in [0.2, 0.25) is 6.29 Å². The van der Waals surface area contributed by atoms with Gasteiger partial charge in [-0.1, -0.05) is 20.1 Å². The fourth-order valence-electron chi connectivity index (χ4n) is 0.775. The number of carbonyl (C=O) groups excluding carboxylic acids is 1. The van der Waals surface area contributed by atoms with Crippen molar-refractivity contribution in [3.8, 4) is 0 Å². The summed E-state index contributed by atoms with van der Waals surface area (Å²) in [5.74, 6) is -0.602. The SMILES string of the molecule is C=COC(C)OC(C)OOC(=O)C(=C)CC. The first-order chi connectivity index (χ1) is 7.51. The number of hydrogen-bond donors (Lipinski definition) is 0. The zero-order valence-corrected chi connectivity index (χ0v) is 9.89. The molecule has 0 aliphatic carbocycles. The van der Waals surface area contributed by atoms with Gasteiger partial charge in [-0.25, -0.2) is 4.79 Å². The minimum absolute atomic E-state index is 0.336. The Morgan fingerprint density at radius 2 is 2.00 bits per heavy atom. The predicted molar refractivity (Wildman–Crippen MR) is 57.9 cm³/mol. The van der Waals surface area contributed by atoms with E-state index in [0.29, 0.717) is 12.0 Å². The molecule has 0 bridgehead atoms. The second kappa shape index (κ2) is 7.90. The third-order valence-corrected chi connectivity index (χ3v) is 1.65. The third-order valence-electron chi connectivity index (χ3n) is 1.65. The Bertz CT molecular complexity index is 249. The van der Waals surface area contributed by atoms with E-state index in [1.165, 1.54) is 6.26 Å². The summed E-state index contributed by atoms with van der Waals surface area (Å²) in [6.07, 6.45) is 0.500. The highest BCUT2D eigenvalue weighted by Gasteiger charge is 2.13. The van der Waals surface area contributed by atoms with E-state index in [-0.39, 0.29) is 0 Å². The molecule has 5 nitrogen and oxygen atoms in total. The standard InChI is InChI=1S/C11H18O5/c1-6-8(3)11(12)16-15-10(5)14-9(4)13-7-2/h7,9-10H,2-3,6H2,1,4-5H3. The van der Waals surface area contributed by atoms with Crippen molar-refractivity contribution >= 4 is 5.97 Å². The second-order valence-corrected chi connectivity index (χ2v) is 3.00. The molecule has 0 aromatic carbocycles. The van der Waals surface area contributed by atoms with Gasteiger partial charge in [-0.2, -0.15) is 4.89 Å². The van der Waals surface area contributed by atoms with Crippen LogP contribution < -0.4 is 0 Å². The Kier molecular flexibility index (Phi) is 7.24. The molecule has 2 unspecified atom stereocenters. The summed E-state index contributed by atoms with van der Waals surface area (Å²) >= 11 is 0. The van der Waals surface area contributed by atoms with Crippen LogP contribution in [0.2, 0.25) is 0 Å². The molecule has 0 heterocycles. The summed E-state index contributed by atoms with van der Waals surface area (Å²) in [5, 5.41) is 0. The Morgan fingerprint density at radius 3 is 2.50 bits per heavy atom. The molecule has 0 spiro atoms. The molecule has 0 saturated heterocycles. The molecule has 0 radical (unpaired) electrons. The Morgan fingerprint density at radius 1 is 1.38 bits per heavy atom. The molecule has 0 fully saturated rings. The zero-order chi connectivity index (χ0) is 12.6. The van der Waals surface area contributed by atoms with Crippen LogP contribution in [0, 0.1) is 0 Å². The zero-order valence-electron chi connectivity index (χ0n) is 9.89. The maximum atomic E-state index is 11.1. The summed E-state index contributed by atoms with van der Waals surface area (Å²) in [7, 11) is 0. The molecule has 0 rings (SSSR count). The van der Waals surface area contributed by atoms with Crippen molar-refractivity contribution in [1.29, 1.82) is 0 Å². The first-order valence-electron chi connectivity index (χ1n) is 4.98. The van der Waals surface area contributed by atoms with Crippen LogP contribution >= 0.6 is 0 Å². The van der Waals surface area contributed by atoms with Crippen LogP contribution in [0.1, 0.15) is 27.2 Å². The van der Waals surface area contributed by atoms with E-state index in [9.17, 15) is 4.79 Å². The van der Waals surface area contributed by atoms with E-state index >= 15 is 0 Å². The van der Waals surface area contributed by atoms with Gasteiger partial charge >= 0.3 is 5.97 Å². The van der Waals surface area contributed by atoms with Gasteiger partial charge in [-0.15, -0.1) is 0 Å². The van der Waals surface area contributed by atoms with Gasteiger partial charge in [0, 0.05) is 5.57 Å². The highest BCUT2D eigenvalue weighted by molar-refractivity contribution is 5.87. The van der Waals surface area contributed by atoms with Crippen molar-refractivity contribution in [2.24, 2.45) is 0 Å². The number of rotatable bonds is 8. The van der Waals surface area contributed by atoms with Crippen molar-refractivity contribution in [3.05, 3.63) is 25.0 Å². The molecular weight excluding hydrogens is 212 g/mol. The van der Waals surface area contributed by atoms with Gasteiger partial charge in [-0.3, -0.25) is 4.89 Å². The summed E-state index contributed by atoms with van der Waals surface area (Å²) < 4.78 is 10.0. The fourth-order valence-corrected chi connectivity index (χ4v) is 0.775. The molecule has 0 aromatic heterocycles. The molecule has 2 atom stereocenters. The van der Waals surface area contributed by atoms with E-state index in [4.69, 9.17) is 14.4 Å². The van der Waals surface area contributed by atoms with Gasteiger partial charge in [0.25, 0.3) is 0 Å². The summed E-state index contributed by atoms with van der Waals surface area (Å²) in [5.41, 5.74) is 0.336. The molecule has 0 aliphatic heterocycles. The highest BCUT2D eigenvalue weighted by atomic mass is 17.2. The van der Waals surface area contributed by atoms with Crippen LogP contribution in [0.4, 0.5) is 0 Å². The predicted octanol–water partition coefficient (Wildman–Crippen LogP) is 2.30. The molecule has 92 valence electrons. The highest BCUT2D eigenvalue weighted by Crippen LogP contribution is 2.05. The van der Waals surface area contributed by atoms with Crippen molar-refractivity contribution in [2.45, 2.75) is 39.8 Å². The molecular formula is C11H18O5. The molecule has 5 heteroatoms. The van der Waals surface area contributed by atoms with Gasteiger partial charge in [-0.05, 0) is 20.3 Å². The van der Waals surface area contributed by atoms with Gasteiger partial charge in [0.1, 0.15) is 0 Å². The van der Waals surface area contributed by atoms with Crippen LogP contribution in [0.25, 0.3) is 0 Å². The van der Waals surface area contributed by atoms with Gasteiger partial charge < -0.3 is 9.47 Å². The molecule has 0 amide bonds. The Balaban J connectivity index is 3.80. The second-order valence-electron chi connectivity index (χ2n) is 3.00. The molecule has 16 heavy (non-hydrogen) atoms. The molecule has 0 aliphatic rings. The van der Waals surface area contributed by atoms with Crippen molar-refractivity contribution in [1.82, 2.24) is 0 Å². The smallest absolute Gasteiger partial charge is 0.368 e. The minimum Gasteiger partial charge on any atom is -0.473 e. The lowest BCUT2D eigenvalue weighted by Crippen LogP contribution is -2.22. The number of hydrogen-bond acceptors (Lipinski definition) is 5. The van der Waals surface area contributed by atoms with Crippen LogP contribution in [0.15, 0.2) is 25.0 Å². The van der Waals surface area contributed by atoms with Crippen LogP contribution in [-0.4, -0.2) is 18.5 Å². The summed E-state index contributed by atoms with van der Waals surface area (Å²) in [6.45, 7) is 11.9. The van der Waals surface area contributed by atoms with Gasteiger partial charge in [0.05, 0.1) is 6.26 Å². The first-order valence-corrected chi connectivity index (χ1v) is 4.98. The topological polar surface area (TPSA) is 54.0 Å². The normalized spacial score (nSPS) is 13.7. The Hall–Kier alpha value is -1.33. The molecule has 0 N–H and O–H groups in total. The van der Waals surface area contributed by atoms with Crippen molar-refractivity contribution < 1.29 is 24.0 Å².